The summed E-state index contributed by atoms with van der Waals surface area (Å²) in [5.41, 5.74) is 1.08. The van der Waals surface area contributed by atoms with Gasteiger partial charge in [0.25, 0.3) is 0 Å². The smallest absolute Gasteiger partial charge is 0.240 e. The molecular weight excluding hydrogens is 328 g/mol. The lowest BCUT2D eigenvalue weighted by Crippen LogP contribution is -2.27. The molecule has 2 aromatic carbocycles. The number of hydrogen-bond acceptors (Lipinski definition) is 4. The van der Waals surface area contributed by atoms with Crippen molar-refractivity contribution in [1.82, 2.24) is 9.29 Å². The lowest BCUT2D eigenvalue weighted by atomic mass is 10.2. The Labute approximate surface area is 139 Å². The number of nitrogens with one attached hydrogen (secondary N) is 1. The highest BCUT2D eigenvalue weighted by Gasteiger charge is 2.19. The number of sulfonamides is 1. The van der Waals surface area contributed by atoms with E-state index >= 15 is 0 Å². The molecule has 3 aromatic rings. The zero-order valence-corrected chi connectivity index (χ0v) is 13.6. The van der Waals surface area contributed by atoms with Crippen molar-refractivity contribution in [2.45, 2.75) is 11.4 Å². The van der Waals surface area contributed by atoms with Crippen molar-refractivity contribution < 1.29 is 17.9 Å². The van der Waals surface area contributed by atoms with Crippen molar-refractivity contribution in [2.75, 3.05) is 13.3 Å². The first-order valence-corrected chi connectivity index (χ1v) is 9.05. The number of benzene rings is 2. The summed E-state index contributed by atoms with van der Waals surface area (Å²) in [5, 5.41) is 1.14. The Balaban J connectivity index is 1.47. The van der Waals surface area contributed by atoms with E-state index < -0.39 is 10.0 Å². The van der Waals surface area contributed by atoms with E-state index in [-0.39, 0.29) is 11.7 Å². The summed E-state index contributed by atoms with van der Waals surface area (Å²) in [5.74, 6) is 1.02. The van der Waals surface area contributed by atoms with Crippen LogP contribution >= 0.6 is 0 Å². The molecule has 0 amide bonds. The number of aromatic nitrogens is 1. The predicted molar refractivity (Wildman–Crippen MR) is 89.7 cm³/mol. The summed E-state index contributed by atoms with van der Waals surface area (Å²) in [4.78, 5) is 0.170. The van der Waals surface area contributed by atoms with Crippen LogP contribution in [-0.2, 0) is 16.6 Å². The third-order valence-electron chi connectivity index (χ3n) is 3.98. The average Bonchev–Trinajstić information content (AvgIpc) is 3.21. The van der Waals surface area contributed by atoms with E-state index in [1.165, 1.54) is 12.1 Å². The minimum absolute atomic E-state index is 0.118. The van der Waals surface area contributed by atoms with Crippen LogP contribution in [0.3, 0.4) is 0 Å². The monoisotopic (exact) mass is 344 g/mol. The van der Waals surface area contributed by atoms with Gasteiger partial charge in [-0.1, -0.05) is 18.2 Å². The van der Waals surface area contributed by atoms with E-state index in [1.807, 2.05) is 41.1 Å². The molecule has 1 aromatic heterocycles. The normalized spacial score (nSPS) is 13.5. The van der Waals surface area contributed by atoms with Crippen molar-refractivity contribution in [3.63, 3.8) is 0 Å². The molecule has 124 valence electrons. The fourth-order valence-corrected chi connectivity index (χ4v) is 3.80. The third kappa shape index (κ3) is 2.72. The minimum atomic E-state index is -3.59. The molecule has 0 saturated carbocycles. The molecule has 0 atom stereocenters. The SMILES string of the molecule is O=S(=O)(NCCn1ccc2ccccc21)c1ccc2c(c1)OCO2. The highest BCUT2D eigenvalue weighted by Crippen LogP contribution is 2.33. The van der Waals surface area contributed by atoms with Crippen LogP contribution in [0, 0.1) is 0 Å². The number of hydrogen-bond donors (Lipinski definition) is 1. The maximum Gasteiger partial charge on any atom is 0.240 e. The quantitative estimate of drug-likeness (QED) is 0.771. The molecule has 1 N–H and O–H groups in total. The van der Waals surface area contributed by atoms with Gasteiger partial charge in [-0.15, -0.1) is 0 Å². The van der Waals surface area contributed by atoms with Crippen molar-refractivity contribution in [3.05, 3.63) is 54.7 Å². The third-order valence-corrected chi connectivity index (χ3v) is 5.44. The second-order valence-corrected chi connectivity index (χ2v) is 7.25. The van der Waals surface area contributed by atoms with Crippen LogP contribution in [0.1, 0.15) is 0 Å². The van der Waals surface area contributed by atoms with Crippen molar-refractivity contribution in [3.8, 4) is 11.5 Å². The largest absolute Gasteiger partial charge is 0.454 e. The minimum Gasteiger partial charge on any atom is -0.454 e. The molecule has 2 heterocycles. The fourth-order valence-electron chi connectivity index (χ4n) is 2.76. The highest BCUT2D eigenvalue weighted by molar-refractivity contribution is 7.89. The summed E-state index contributed by atoms with van der Waals surface area (Å²) in [6, 6.07) is 14.6. The van der Waals surface area contributed by atoms with Gasteiger partial charge in [0.2, 0.25) is 16.8 Å². The van der Waals surface area contributed by atoms with E-state index in [4.69, 9.17) is 9.47 Å². The Hall–Kier alpha value is -2.51. The van der Waals surface area contributed by atoms with Gasteiger partial charge in [0.05, 0.1) is 4.90 Å². The summed E-state index contributed by atoms with van der Waals surface area (Å²) >= 11 is 0. The van der Waals surface area contributed by atoms with Crippen LogP contribution in [0.2, 0.25) is 0 Å². The van der Waals surface area contributed by atoms with Gasteiger partial charge in [-0.05, 0) is 29.7 Å². The maximum atomic E-state index is 12.4. The van der Waals surface area contributed by atoms with Crippen LogP contribution < -0.4 is 14.2 Å². The van der Waals surface area contributed by atoms with Gasteiger partial charge in [-0.2, -0.15) is 0 Å². The molecule has 24 heavy (non-hydrogen) atoms. The average molecular weight is 344 g/mol. The molecule has 0 bridgehead atoms. The van der Waals surface area contributed by atoms with Crippen molar-refractivity contribution in [1.29, 1.82) is 0 Å². The van der Waals surface area contributed by atoms with Crippen LogP contribution in [0.25, 0.3) is 10.9 Å². The molecule has 1 aliphatic rings. The molecule has 6 nitrogen and oxygen atoms in total. The summed E-state index contributed by atoms with van der Waals surface area (Å²) in [7, 11) is -3.59. The molecule has 0 radical (unpaired) electrons. The molecule has 4 rings (SSSR count). The van der Waals surface area contributed by atoms with E-state index in [0.29, 0.717) is 24.6 Å². The molecule has 0 unspecified atom stereocenters. The van der Waals surface area contributed by atoms with Crippen molar-refractivity contribution >= 4 is 20.9 Å². The molecular formula is C17H16N2O4S. The van der Waals surface area contributed by atoms with E-state index in [1.54, 1.807) is 6.07 Å². The van der Waals surface area contributed by atoms with Crippen molar-refractivity contribution in [2.24, 2.45) is 0 Å². The molecule has 1 aliphatic heterocycles. The number of ether oxygens (including phenoxy) is 2. The van der Waals surface area contributed by atoms with Gasteiger partial charge in [0.1, 0.15) is 0 Å². The van der Waals surface area contributed by atoms with Gasteiger partial charge in [0.15, 0.2) is 11.5 Å². The summed E-state index contributed by atoms with van der Waals surface area (Å²) < 4.78 is 39.9. The second-order valence-electron chi connectivity index (χ2n) is 5.48. The van der Waals surface area contributed by atoms with E-state index in [0.717, 1.165) is 10.9 Å². The number of para-hydroxylation sites is 1. The van der Waals surface area contributed by atoms with Crippen LogP contribution in [0.4, 0.5) is 0 Å². The predicted octanol–water partition coefficient (Wildman–Crippen LogP) is 2.35. The summed E-state index contributed by atoms with van der Waals surface area (Å²) in [6.07, 6.45) is 1.96. The van der Waals surface area contributed by atoms with Crippen LogP contribution in [0.15, 0.2) is 59.6 Å². The van der Waals surface area contributed by atoms with Gasteiger partial charge in [-0.25, -0.2) is 13.1 Å². The maximum absolute atomic E-state index is 12.4. The molecule has 0 aliphatic carbocycles. The Kier molecular flexibility index (Phi) is 3.66. The first-order chi connectivity index (χ1) is 11.6. The van der Waals surface area contributed by atoms with E-state index in [2.05, 4.69) is 4.72 Å². The van der Waals surface area contributed by atoms with Gasteiger partial charge < -0.3 is 14.0 Å². The zero-order valence-electron chi connectivity index (χ0n) is 12.8. The van der Waals surface area contributed by atoms with Gasteiger partial charge in [0, 0.05) is 30.9 Å². The van der Waals surface area contributed by atoms with Gasteiger partial charge in [-0.3, -0.25) is 0 Å². The number of rotatable bonds is 5. The van der Waals surface area contributed by atoms with E-state index in [9.17, 15) is 8.42 Å². The second kappa shape index (κ2) is 5.85. The zero-order chi connectivity index (χ0) is 16.6. The Morgan fingerprint density at radius 3 is 2.79 bits per heavy atom. The highest BCUT2D eigenvalue weighted by atomic mass is 32.2. The molecule has 0 spiro atoms. The Morgan fingerprint density at radius 1 is 1.04 bits per heavy atom. The number of fused-ring (bicyclic) bond motifs is 2. The fraction of sp³-hybridized carbons (Fsp3) is 0.176. The van der Waals surface area contributed by atoms with Crippen LogP contribution in [0.5, 0.6) is 11.5 Å². The standard InChI is InChI=1S/C17H16N2O4S/c20-24(21,14-5-6-16-17(11-14)23-12-22-16)18-8-10-19-9-7-13-3-1-2-4-15(13)19/h1-7,9,11,18H,8,10,12H2. The Morgan fingerprint density at radius 2 is 1.88 bits per heavy atom. The first-order valence-electron chi connectivity index (χ1n) is 7.57. The lowest BCUT2D eigenvalue weighted by Gasteiger charge is -2.09. The molecule has 7 heteroatoms. The van der Waals surface area contributed by atoms with Crippen LogP contribution in [-0.4, -0.2) is 26.3 Å². The molecule has 0 saturated heterocycles. The topological polar surface area (TPSA) is 69.6 Å². The molecule has 0 fully saturated rings. The Bertz CT molecular complexity index is 995. The lowest BCUT2D eigenvalue weighted by molar-refractivity contribution is 0.174. The number of nitrogens with zero attached hydrogens (tertiary/aromatic N) is 1. The van der Waals surface area contributed by atoms with Gasteiger partial charge >= 0.3 is 0 Å². The first kappa shape index (κ1) is 15.0. The summed E-state index contributed by atoms with van der Waals surface area (Å²) in [6.45, 7) is 0.972.